The van der Waals surface area contributed by atoms with Gasteiger partial charge in [-0.2, -0.15) is 0 Å². The summed E-state index contributed by atoms with van der Waals surface area (Å²) in [7, 11) is 1.27. The molecule has 0 atom stereocenters. The normalized spacial score (nSPS) is 10.4. The Balaban J connectivity index is 2.33. The van der Waals surface area contributed by atoms with Gasteiger partial charge in [0.1, 0.15) is 10.8 Å². The Labute approximate surface area is 183 Å². The van der Waals surface area contributed by atoms with E-state index in [1.165, 1.54) is 25.3 Å². The number of thiocarbonyl (C=S) groups is 1. The van der Waals surface area contributed by atoms with Crippen molar-refractivity contribution in [3.8, 4) is 0 Å². The number of hydrogen-bond acceptors (Lipinski definition) is 5. The van der Waals surface area contributed by atoms with Crippen LogP contribution in [-0.4, -0.2) is 42.1 Å². The highest BCUT2D eigenvalue weighted by Gasteiger charge is 2.27. The number of thiophene rings is 1. The molecular weight excluding hydrogens is 437 g/mol. The Morgan fingerprint density at radius 1 is 1.28 bits per heavy atom. The number of carbonyl (C=O) groups excluding carboxylic acids is 2. The topological polar surface area (TPSA) is 70.7 Å². The van der Waals surface area contributed by atoms with Crippen LogP contribution in [0.15, 0.2) is 18.2 Å². The molecule has 156 valence electrons. The van der Waals surface area contributed by atoms with E-state index >= 15 is 0 Å². The molecule has 0 saturated heterocycles. The van der Waals surface area contributed by atoms with Crippen LogP contribution in [0.1, 0.15) is 39.4 Å². The molecule has 2 aromatic rings. The van der Waals surface area contributed by atoms with Gasteiger partial charge in [0.05, 0.1) is 22.6 Å². The predicted molar refractivity (Wildman–Crippen MR) is 119 cm³/mol. The molecule has 1 aromatic carbocycles. The summed E-state index contributed by atoms with van der Waals surface area (Å²) in [6, 6.07) is 4.08. The van der Waals surface area contributed by atoms with Gasteiger partial charge >= 0.3 is 5.97 Å². The van der Waals surface area contributed by atoms with Crippen LogP contribution in [0.25, 0.3) is 0 Å². The number of benzene rings is 1. The van der Waals surface area contributed by atoms with Gasteiger partial charge in [0.2, 0.25) is 0 Å². The van der Waals surface area contributed by atoms with Gasteiger partial charge in [-0.15, -0.1) is 11.3 Å². The lowest BCUT2D eigenvalue weighted by Crippen LogP contribution is -2.30. The molecule has 2 rings (SSSR count). The van der Waals surface area contributed by atoms with Crippen molar-refractivity contribution < 1.29 is 18.7 Å². The van der Waals surface area contributed by atoms with Gasteiger partial charge in [-0.3, -0.25) is 4.79 Å². The second-order valence-electron chi connectivity index (χ2n) is 5.94. The third-order valence-electron chi connectivity index (χ3n) is 4.19. The van der Waals surface area contributed by atoms with Gasteiger partial charge in [0.15, 0.2) is 5.11 Å². The Morgan fingerprint density at radius 2 is 1.93 bits per heavy atom. The summed E-state index contributed by atoms with van der Waals surface area (Å²) >= 11 is 12.2. The number of methoxy groups -OCH3 is 1. The minimum atomic E-state index is -0.576. The fraction of sp³-hybridized carbons (Fsp3) is 0.316. The number of ether oxygens (including phenoxy) is 1. The first-order valence-corrected chi connectivity index (χ1v) is 10.4. The van der Waals surface area contributed by atoms with E-state index in [0.29, 0.717) is 34.2 Å². The number of halogens is 2. The van der Waals surface area contributed by atoms with Gasteiger partial charge in [-0.05, 0) is 56.8 Å². The van der Waals surface area contributed by atoms with Crippen LogP contribution in [0.3, 0.4) is 0 Å². The number of esters is 1. The zero-order valence-corrected chi connectivity index (χ0v) is 18.8. The summed E-state index contributed by atoms with van der Waals surface area (Å²) in [5, 5.41) is 6.29. The molecule has 29 heavy (non-hydrogen) atoms. The fourth-order valence-electron chi connectivity index (χ4n) is 2.65. The maximum absolute atomic E-state index is 13.3. The van der Waals surface area contributed by atoms with Gasteiger partial charge in [0.25, 0.3) is 5.91 Å². The number of anilines is 2. The molecule has 1 aromatic heterocycles. The second kappa shape index (κ2) is 10.00. The molecule has 6 nitrogen and oxygen atoms in total. The molecule has 10 heteroatoms. The first-order chi connectivity index (χ1) is 13.7. The monoisotopic (exact) mass is 457 g/mol. The van der Waals surface area contributed by atoms with Crippen molar-refractivity contribution in [1.29, 1.82) is 0 Å². The second-order valence-corrected chi connectivity index (χ2v) is 7.77. The summed E-state index contributed by atoms with van der Waals surface area (Å²) in [6.45, 7) is 6.57. The number of nitrogens with one attached hydrogen (secondary N) is 2. The average molecular weight is 458 g/mol. The third kappa shape index (κ3) is 5.23. The highest BCUT2D eigenvalue weighted by molar-refractivity contribution is 7.80. The first-order valence-electron chi connectivity index (χ1n) is 8.77. The molecule has 0 radical (unpaired) electrons. The predicted octanol–water partition coefficient (Wildman–Crippen LogP) is 4.93. The van der Waals surface area contributed by atoms with E-state index in [0.717, 1.165) is 11.3 Å². The molecule has 1 heterocycles. The minimum absolute atomic E-state index is 0.0490. The third-order valence-corrected chi connectivity index (χ3v) is 5.87. The van der Waals surface area contributed by atoms with Crippen molar-refractivity contribution in [3.63, 3.8) is 0 Å². The molecule has 0 spiro atoms. The maximum Gasteiger partial charge on any atom is 0.341 e. The molecule has 0 aliphatic rings. The van der Waals surface area contributed by atoms with Gasteiger partial charge < -0.3 is 20.3 Å². The quantitative estimate of drug-likeness (QED) is 0.473. The Kier molecular flexibility index (Phi) is 7.95. The van der Waals surface area contributed by atoms with Crippen molar-refractivity contribution in [3.05, 3.63) is 45.0 Å². The van der Waals surface area contributed by atoms with Gasteiger partial charge in [-0.25, -0.2) is 9.18 Å². The van der Waals surface area contributed by atoms with Crippen LogP contribution >= 0.6 is 35.2 Å². The smallest absolute Gasteiger partial charge is 0.341 e. The van der Waals surface area contributed by atoms with Gasteiger partial charge in [0, 0.05) is 18.8 Å². The standard InChI is InChI=1S/C19H21ClFN3O3S2/c1-5-24(6-2)17(25)15-10(3)14(18(26)27-4)16(29-15)23-19(28)22-11-7-8-13(21)12(20)9-11/h7-9H,5-6H2,1-4H3,(H2,22,23,28). The molecule has 0 saturated carbocycles. The molecule has 0 aliphatic heterocycles. The van der Waals surface area contributed by atoms with Crippen molar-refractivity contribution in [2.45, 2.75) is 20.8 Å². The molecule has 0 unspecified atom stereocenters. The van der Waals surface area contributed by atoms with E-state index in [1.807, 2.05) is 13.8 Å². The summed E-state index contributed by atoms with van der Waals surface area (Å²) in [5.41, 5.74) is 1.24. The molecule has 0 bridgehead atoms. The highest BCUT2D eigenvalue weighted by atomic mass is 35.5. The van der Waals surface area contributed by atoms with E-state index in [2.05, 4.69) is 10.6 Å². The van der Waals surface area contributed by atoms with Gasteiger partial charge in [-0.1, -0.05) is 11.6 Å². The van der Waals surface area contributed by atoms with E-state index in [4.69, 9.17) is 28.6 Å². The van der Waals surface area contributed by atoms with Crippen molar-refractivity contribution >= 4 is 62.8 Å². The first kappa shape index (κ1) is 23.1. The lowest BCUT2D eigenvalue weighted by molar-refractivity contribution is 0.0601. The van der Waals surface area contributed by atoms with Crippen LogP contribution in [0.4, 0.5) is 15.1 Å². The van der Waals surface area contributed by atoms with Crippen LogP contribution in [0.5, 0.6) is 0 Å². The molecule has 0 fully saturated rings. The van der Waals surface area contributed by atoms with Crippen LogP contribution in [0.2, 0.25) is 5.02 Å². The van der Waals surface area contributed by atoms with Crippen molar-refractivity contribution in [2.75, 3.05) is 30.8 Å². The highest BCUT2D eigenvalue weighted by Crippen LogP contribution is 2.34. The molecule has 0 aliphatic carbocycles. The Morgan fingerprint density at radius 3 is 2.48 bits per heavy atom. The maximum atomic E-state index is 13.3. The van der Waals surface area contributed by atoms with E-state index in [1.54, 1.807) is 11.8 Å². The SMILES string of the molecule is CCN(CC)C(=O)c1sc(NC(=S)Nc2ccc(F)c(Cl)c2)c(C(=O)OC)c1C. The fourth-order valence-corrected chi connectivity index (χ4v) is 4.28. The number of nitrogens with zero attached hydrogens (tertiary/aromatic N) is 1. The lowest BCUT2D eigenvalue weighted by atomic mass is 10.1. The molecule has 1 amide bonds. The van der Waals surface area contributed by atoms with Crippen LogP contribution in [0, 0.1) is 12.7 Å². The lowest BCUT2D eigenvalue weighted by Gasteiger charge is -2.17. The summed E-state index contributed by atoms with van der Waals surface area (Å²) in [5.74, 6) is -1.29. The van der Waals surface area contributed by atoms with Crippen molar-refractivity contribution in [2.24, 2.45) is 0 Å². The number of amides is 1. The summed E-state index contributed by atoms with van der Waals surface area (Å²) < 4.78 is 18.2. The van der Waals surface area contributed by atoms with E-state index < -0.39 is 11.8 Å². The molecule has 2 N–H and O–H groups in total. The number of rotatable bonds is 6. The zero-order chi connectivity index (χ0) is 21.7. The summed E-state index contributed by atoms with van der Waals surface area (Å²) in [4.78, 5) is 27.2. The van der Waals surface area contributed by atoms with Crippen molar-refractivity contribution in [1.82, 2.24) is 4.90 Å². The zero-order valence-electron chi connectivity index (χ0n) is 16.4. The average Bonchev–Trinajstić information content (AvgIpc) is 3.00. The Bertz CT molecular complexity index is 945. The number of hydrogen-bond donors (Lipinski definition) is 2. The van der Waals surface area contributed by atoms with E-state index in [9.17, 15) is 14.0 Å². The summed E-state index contributed by atoms with van der Waals surface area (Å²) in [6.07, 6.45) is 0. The van der Waals surface area contributed by atoms with Crippen LogP contribution in [-0.2, 0) is 4.74 Å². The van der Waals surface area contributed by atoms with Crippen LogP contribution < -0.4 is 10.6 Å². The Hall–Kier alpha value is -2.23. The molecular formula is C19H21ClFN3O3S2. The number of carbonyl (C=O) groups is 2. The van der Waals surface area contributed by atoms with E-state index in [-0.39, 0.29) is 21.6 Å². The largest absolute Gasteiger partial charge is 0.465 e. The minimum Gasteiger partial charge on any atom is -0.465 e.